The van der Waals surface area contributed by atoms with Crippen LogP contribution in [-0.2, 0) is 6.42 Å². The van der Waals surface area contributed by atoms with Crippen molar-refractivity contribution in [1.29, 1.82) is 0 Å². The molecule has 222 valence electrons. The summed E-state index contributed by atoms with van der Waals surface area (Å²) in [6.07, 6.45) is 27.5. The first-order chi connectivity index (χ1) is 19.6. The lowest BCUT2D eigenvalue weighted by Crippen LogP contribution is -1.97. The lowest BCUT2D eigenvalue weighted by molar-refractivity contribution is 0.348. The largest absolute Gasteiger partial charge is 0.496 e. The van der Waals surface area contributed by atoms with Crippen LogP contribution in [-0.4, -0.2) is 26.2 Å². The third-order valence-electron chi connectivity index (χ3n) is 7.72. The van der Waals surface area contributed by atoms with Crippen LogP contribution in [0.1, 0.15) is 126 Å². The molecule has 0 saturated heterocycles. The molecule has 2 aromatic carbocycles. The summed E-state index contributed by atoms with van der Waals surface area (Å²) in [7, 11) is 4.91. The molecule has 0 aliphatic rings. The highest BCUT2D eigenvalue weighted by molar-refractivity contribution is 7.81. The van der Waals surface area contributed by atoms with Gasteiger partial charge in [-0.2, -0.15) is 0 Å². The normalized spacial score (nSPS) is 11.2. The van der Waals surface area contributed by atoms with E-state index in [4.69, 9.17) is 26.4 Å². The smallest absolute Gasteiger partial charge is 0.171 e. The Labute approximate surface area is 250 Å². The van der Waals surface area contributed by atoms with E-state index in [1.165, 1.54) is 108 Å². The van der Waals surface area contributed by atoms with Crippen molar-refractivity contribution < 1.29 is 14.2 Å². The second-order valence-corrected chi connectivity index (χ2v) is 11.3. The van der Waals surface area contributed by atoms with Crippen LogP contribution in [0.3, 0.4) is 0 Å². The molecule has 40 heavy (non-hydrogen) atoms. The van der Waals surface area contributed by atoms with Gasteiger partial charge in [-0.05, 0) is 48.3 Å². The highest BCUT2D eigenvalue weighted by Crippen LogP contribution is 2.38. The zero-order valence-corrected chi connectivity index (χ0v) is 26.6. The monoisotopic (exact) mass is 566 g/mol. The molecule has 0 aliphatic carbocycles. The fourth-order valence-electron chi connectivity index (χ4n) is 5.24. The lowest BCUT2D eigenvalue weighted by atomic mass is 10.0. The van der Waals surface area contributed by atoms with Gasteiger partial charge in [-0.3, -0.25) is 0 Å². The summed E-state index contributed by atoms with van der Waals surface area (Å²) < 4.78 is 16.5. The van der Waals surface area contributed by atoms with E-state index in [0.29, 0.717) is 17.2 Å². The topological polar surface area (TPSA) is 27.7 Å². The Morgan fingerprint density at radius 2 is 1.07 bits per heavy atom. The number of ether oxygens (including phenoxy) is 3. The summed E-state index contributed by atoms with van der Waals surface area (Å²) in [5.41, 5.74) is 3.24. The Morgan fingerprint density at radius 3 is 1.55 bits per heavy atom. The molecule has 2 rings (SSSR count). The van der Waals surface area contributed by atoms with Crippen LogP contribution in [0.15, 0.2) is 42.5 Å². The van der Waals surface area contributed by atoms with E-state index in [9.17, 15) is 0 Å². The third kappa shape index (κ3) is 12.9. The maximum absolute atomic E-state index is 5.69. The molecular weight excluding hydrogens is 512 g/mol. The number of hydrogen-bond acceptors (Lipinski definition) is 4. The molecule has 0 aromatic heterocycles. The molecule has 0 amide bonds. The van der Waals surface area contributed by atoms with Gasteiger partial charge in [0.15, 0.2) is 11.5 Å². The van der Waals surface area contributed by atoms with Crippen molar-refractivity contribution in [3.63, 3.8) is 0 Å². The number of hydrogen-bond donors (Lipinski definition) is 0. The molecule has 0 aliphatic heterocycles. The van der Waals surface area contributed by atoms with Crippen LogP contribution >= 0.6 is 12.2 Å². The zero-order chi connectivity index (χ0) is 28.8. The van der Waals surface area contributed by atoms with Crippen LogP contribution in [0.4, 0.5) is 0 Å². The molecule has 0 N–H and O–H groups in total. The maximum atomic E-state index is 5.69. The summed E-state index contributed by atoms with van der Waals surface area (Å²) in [6.45, 7) is 2.29. The Bertz CT molecular complexity index is 980. The molecule has 0 fully saturated rings. The van der Waals surface area contributed by atoms with E-state index in [2.05, 4.69) is 31.2 Å². The first kappa shape index (κ1) is 33.9. The second kappa shape index (κ2) is 21.4. The molecule has 0 saturated carbocycles. The SMILES string of the molecule is CCCCCCCCCCCCCCCCCCc1ccc(C(=S)C=Cc2c(OC)ccc(OC)c2OC)cc1. The zero-order valence-electron chi connectivity index (χ0n) is 25.8. The Balaban J connectivity index is 1.60. The van der Waals surface area contributed by atoms with E-state index in [0.717, 1.165) is 22.4 Å². The summed E-state index contributed by atoms with van der Waals surface area (Å²) in [5, 5.41) is 0. The first-order valence-corrected chi connectivity index (χ1v) is 16.2. The van der Waals surface area contributed by atoms with Crippen LogP contribution in [0, 0.1) is 0 Å². The van der Waals surface area contributed by atoms with Gasteiger partial charge in [-0.25, -0.2) is 0 Å². The molecule has 4 heteroatoms. The van der Waals surface area contributed by atoms with E-state index in [1.807, 2.05) is 24.3 Å². The molecular formula is C36H54O3S. The van der Waals surface area contributed by atoms with Crippen LogP contribution < -0.4 is 14.2 Å². The first-order valence-electron chi connectivity index (χ1n) is 15.7. The number of allylic oxidation sites excluding steroid dienone is 1. The van der Waals surface area contributed by atoms with Gasteiger partial charge in [0, 0.05) is 4.86 Å². The third-order valence-corrected chi connectivity index (χ3v) is 8.09. The average Bonchev–Trinajstić information content (AvgIpc) is 2.99. The van der Waals surface area contributed by atoms with E-state index in [-0.39, 0.29) is 0 Å². The minimum atomic E-state index is 0.634. The van der Waals surface area contributed by atoms with E-state index in [1.54, 1.807) is 21.3 Å². The fraction of sp³-hybridized carbons (Fsp3) is 0.583. The Kier molecular flexibility index (Phi) is 18.1. The number of unbranched alkanes of at least 4 members (excludes halogenated alkanes) is 15. The number of benzene rings is 2. The second-order valence-electron chi connectivity index (χ2n) is 10.9. The number of methoxy groups -OCH3 is 3. The number of thiocarbonyl (C=S) groups is 1. The van der Waals surface area contributed by atoms with Crippen molar-refractivity contribution in [3.8, 4) is 17.2 Å². The van der Waals surface area contributed by atoms with Crippen LogP contribution in [0.5, 0.6) is 17.2 Å². The Hall–Kier alpha value is -2.33. The predicted octanol–water partition coefficient (Wildman–Crippen LogP) is 10.9. The highest BCUT2D eigenvalue weighted by atomic mass is 32.1. The van der Waals surface area contributed by atoms with Crippen molar-refractivity contribution >= 4 is 23.2 Å². The maximum Gasteiger partial charge on any atom is 0.171 e. The van der Waals surface area contributed by atoms with Crippen molar-refractivity contribution in [3.05, 3.63) is 59.2 Å². The molecule has 2 aromatic rings. The van der Waals surface area contributed by atoms with Crippen molar-refractivity contribution in [2.45, 2.75) is 116 Å². The van der Waals surface area contributed by atoms with Crippen LogP contribution in [0.2, 0.25) is 0 Å². The molecule has 0 atom stereocenters. The van der Waals surface area contributed by atoms with Gasteiger partial charge in [0.05, 0.1) is 26.9 Å². The van der Waals surface area contributed by atoms with E-state index < -0.39 is 0 Å². The fourth-order valence-corrected chi connectivity index (χ4v) is 5.44. The summed E-state index contributed by atoms with van der Waals surface area (Å²) >= 11 is 5.69. The molecule has 0 heterocycles. The van der Waals surface area contributed by atoms with Gasteiger partial charge in [0.25, 0.3) is 0 Å². The van der Waals surface area contributed by atoms with Gasteiger partial charge < -0.3 is 14.2 Å². The standard InChI is InChI=1S/C36H54O3S/c1-5-6-7-8-9-10-11-12-13-14-15-16-17-18-19-20-21-30-22-24-31(25-23-30)35(40)29-26-32-33(37-2)27-28-34(38-3)36(32)39-4/h22-29H,5-21H2,1-4H3. The van der Waals surface area contributed by atoms with Gasteiger partial charge in [0.2, 0.25) is 0 Å². The molecule has 3 nitrogen and oxygen atoms in total. The molecule has 0 spiro atoms. The lowest BCUT2D eigenvalue weighted by Gasteiger charge is -2.13. The summed E-state index contributed by atoms with van der Waals surface area (Å²) in [5.74, 6) is 2.01. The number of rotatable bonds is 23. The molecule has 0 unspecified atom stereocenters. The highest BCUT2D eigenvalue weighted by Gasteiger charge is 2.13. The van der Waals surface area contributed by atoms with Crippen LogP contribution in [0.25, 0.3) is 6.08 Å². The van der Waals surface area contributed by atoms with Gasteiger partial charge in [-0.15, -0.1) is 0 Å². The van der Waals surface area contributed by atoms with Gasteiger partial charge >= 0.3 is 0 Å². The summed E-state index contributed by atoms with van der Waals surface area (Å²) in [6, 6.07) is 12.4. The molecule has 0 bridgehead atoms. The van der Waals surface area contributed by atoms with Crippen molar-refractivity contribution in [2.75, 3.05) is 21.3 Å². The van der Waals surface area contributed by atoms with E-state index >= 15 is 0 Å². The van der Waals surface area contributed by atoms with Gasteiger partial charge in [-0.1, -0.05) is 140 Å². The minimum Gasteiger partial charge on any atom is -0.496 e. The summed E-state index contributed by atoms with van der Waals surface area (Å²) in [4.78, 5) is 0.779. The molecule has 0 radical (unpaired) electrons. The van der Waals surface area contributed by atoms with Gasteiger partial charge in [0.1, 0.15) is 5.75 Å². The minimum absolute atomic E-state index is 0.634. The quantitative estimate of drug-likeness (QED) is 0.0578. The number of aryl methyl sites for hydroxylation is 1. The Morgan fingerprint density at radius 1 is 0.600 bits per heavy atom. The predicted molar refractivity (Wildman–Crippen MR) is 177 cm³/mol. The average molecular weight is 567 g/mol. The van der Waals surface area contributed by atoms with Crippen molar-refractivity contribution in [1.82, 2.24) is 0 Å². The van der Waals surface area contributed by atoms with Crippen molar-refractivity contribution in [2.24, 2.45) is 0 Å².